The molecule has 0 saturated carbocycles. The first-order chi connectivity index (χ1) is 15.3. The Morgan fingerprint density at radius 3 is 1.35 bits per heavy atom. The number of ether oxygens (including phenoxy) is 7. The highest BCUT2D eigenvalue weighted by molar-refractivity contribution is 14.1. The summed E-state index contributed by atoms with van der Waals surface area (Å²) in [5.74, 6) is -0.177. The Morgan fingerprint density at radius 2 is 0.935 bits per heavy atom. The van der Waals surface area contributed by atoms with Gasteiger partial charge in [-0.25, -0.2) is 0 Å². The maximum absolute atomic E-state index is 11.1. The third kappa shape index (κ3) is 27.9. The Kier molecular flexibility index (Phi) is 28.0. The second kappa shape index (κ2) is 28.0. The van der Waals surface area contributed by atoms with E-state index in [0.717, 1.165) is 19.4 Å². The van der Waals surface area contributed by atoms with Gasteiger partial charge in [-0.05, 0) is 23.7 Å². The Bertz CT molecular complexity index is 360. The predicted molar refractivity (Wildman–Crippen MR) is 128 cm³/mol. The summed E-state index contributed by atoms with van der Waals surface area (Å²) in [4.78, 5) is 11.1. The van der Waals surface area contributed by atoms with E-state index in [0.29, 0.717) is 85.7 Å². The first-order valence-corrected chi connectivity index (χ1v) is 13.0. The molecule has 31 heavy (non-hydrogen) atoms. The topological polar surface area (TPSA) is 81.7 Å². The summed E-state index contributed by atoms with van der Waals surface area (Å²) in [7, 11) is 0. The quantitative estimate of drug-likeness (QED) is 0.0687. The molecule has 0 amide bonds. The highest BCUT2D eigenvalue weighted by atomic mass is 127. The molecule has 0 rings (SSSR count). The first-order valence-electron chi connectivity index (χ1n) is 11.5. The number of carbonyl (C=O) groups excluding carboxylic acids is 1. The van der Waals surface area contributed by atoms with Crippen molar-refractivity contribution in [3.8, 4) is 0 Å². The van der Waals surface area contributed by atoms with Gasteiger partial charge < -0.3 is 33.2 Å². The summed E-state index contributed by atoms with van der Waals surface area (Å²) in [5.41, 5.74) is 0. The maximum Gasteiger partial charge on any atom is 0.305 e. The van der Waals surface area contributed by atoms with Crippen LogP contribution in [0.1, 0.15) is 45.4 Å². The van der Waals surface area contributed by atoms with Gasteiger partial charge in [-0.1, -0.05) is 42.4 Å². The molecule has 186 valence electrons. The molecule has 0 aromatic heterocycles. The summed E-state index contributed by atoms with van der Waals surface area (Å²) < 4.78 is 38.8. The van der Waals surface area contributed by atoms with E-state index >= 15 is 0 Å². The number of esters is 1. The molecule has 0 heterocycles. The maximum atomic E-state index is 11.1. The lowest BCUT2D eigenvalue weighted by atomic mass is 10.2. The lowest BCUT2D eigenvalue weighted by molar-refractivity contribution is -0.145. The summed E-state index contributed by atoms with van der Waals surface area (Å²) in [6.07, 6.45) is 6.24. The second-order valence-corrected chi connectivity index (χ2v) is 7.83. The molecule has 0 aliphatic heterocycles. The van der Waals surface area contributed by atoms with Gasteiger partial charge in [0.25, 0.3) is 0 Å². The predicted octanol–water partition coefficient (Wildman–Crippen LogP) is 3.42. The van der Waals surface area contributed by atoms with Gasteiger partial charge in [0.15, 0.2) is 0 Å². The van der Waals surface area contributed by atoms with Gasteiger partial charge in [0.05, 0.1) is 72.7 Å². The van der Waals surface area contributed by atoms with Crippen molar-refractivity contribution in [2.24, 2.45) is 0 Å². The molecule has 0 radical (unpaired) electrons. The number of unbranched alkanes of at least 4 members (excludes halogenated alkanes) is 3. The monoisotopic (exact) mass is 562 g/mol. The van der Waals surface area contributed by atoms with Gasteiger partial charge in [0.2, 0.25) is 0 Å². The van der Waals surface area contributed by atoms with Crippen LogP contribution in [0, 0.1) is 0 Å². The fraction of sp³-hybridized carbons (Fsp3) is 0.955. The van der Waals surface area contributed by atoms with Gasteiger partial charge in [-0.3, -0.25) is 4.79 Å². The minimum Gasteiger partial charge on any atom is -0.463 e. The van der Waals surface area contributed by atoms with Crippen molar-refractivity contribution in [3.05, 3.63) is 0 Å². The molecule has 0 aromatic carbocycles. The molecule has 0 unspecified atom stereocenters. The van der Waals surface area contributed by atoms with Crippen LogP contribution in [0.3, 0.4) is 0 Å². The van der Waals surface area contributed by atoms with Gasteiger partial charge in [0, 0.05) is 13.0 Å². The van der Waals surface area contributed by atoms with Crippen LogP contribution in [0.2, 0.25) is 0 Å². The molecule has 0 fully saturated rings. The summed E-state index contributed by atoms with van der Waals surface area (Å²) in [6.45, 7) is 8.89. The van der Waals surface area contributed by atoms with E-state index in [9.17, 15) is 4.79 Å². The number of rotatable bonds is 26. The third-order valence-electron chi connectivity index (χ3n) is 3.98. The zero-order valence-electron chi connectivity index (χ0n) is 19.3. The number of hydrogen-bond donors (Lipinski definition) is 0. The van der Waals surface area contributed by atoms with E-state index in [1.54, 1.807) is 0 Å². The molecule has 0 aliphatic carbocycles. The van der Waals surface area contributed by atoms with Gasteiger partial charge in [0.1, 0.15) is 6.61 Å². The minimum absolute atomic E-state index is 0.177. The Morgan fingerprint density at radius 1 is 0.548 bits per heavy atom. The van der Waals surface area contributed by atoms with Crippen LogP contribution in [-0.4, -0.2) is 96.3 Å². The van der Waals surface area contributed by atoms with Crippen LogP contribution >= 0.6 is 22.6 Å². The Labute approximate surface area is 202 Å². The standard InChI is InChI=1S/C22H43IO8/c1-2-7-22(24)31-21-20-30-19-18-29-17-16-28-15-14-27-13-12-26-11-10-25-9-6-4-3-5-8-23/h2-21H2,1H3. The highest BCUT2D eigenvalue weighted by Gasteiger charge is 1.99. The van der Waals surface area contributed by atoms with Crippen molar-refractivity contribution in [2.75, 3.05) is 90.3 Å². The second-order valence-electron chi connectivity index (χ2n) is 6.75. The lowest BCUT2D eigenvalue weighted by Gasteiger charge is -2.08. The Hall–Kier alpha value is -0.0400. The molecule has 0 bridgehead atoms. The lowest BCUT2D eigenvalue weighted by Crippen LogP contribution is -2.15. The largest absolute Gasteiger partial charge is 0.463 e. The zero-order valence-corrected chi connectivity index (χ0v) is 21.4. The minimum atomic E-state index is -0.177. The van der Waals surface area contributed by atoms with Crippen molar-refractivity contribution < 1.29 is 38.0 Å². The average Bonchev–Trinajstić information content (AvgIpc) is 2.77. The normalized spacial score (nSPS) is 11.2. The number of halogens is 1. The van der Waals surface area contributed by atoms with Crippen LogP contribution in [0.5, 0.6) is 0 Å². The summed E-state index contributed by atoms with van der Waals surface area (Å²) >= 11 is 2.42. The van der Waals surface area contributed by atoms with Crippen molar-refractivity contribution in [1.82, 2.24) is 0 Å². The van der Waals surface area contributed by atoms with E-state index in [-0.39, 0.29) is 5.97 Å². The molecular weight excluding hydrogens is 519 g/mol. The van der Waals surface area contributed by atoms with Gasteiger partial charge >= 0.3 is 5.97 Å². The molecule has 8 nitrogen and oxygen atoms in total. The SMILES string of the molecule is CCCC(=O)OCCOCCOCCOCCOCCOCCOCCCCCCI. The molecule has 0 saturated heterocycles. The first kappa shape index (κ1) is 31.0. The molecule has 0 atom stereocenters. The average molecular weight is 562 g/mol. The van der Waals surface area contributed by atoms with E-state index in [1.807, 2.05) is 6.92 Å². The fourth-order valence-electron chi connectivity index (χ4n) is 2.34. The van der Waals surface area contributed by atoms with E-state index in [2.05, 4.69) is 22.6 Å². The number of carbonyl (C=O) groups is 1. The van der Waals surface area contributed by atoms with Crippen molar-refractivity contribution >= 4 is 28.6 Å². The smallest absolute Gasteiger partial charge is 0.305 e. The molecule has 0 N–H and O–H groups in total. The van der Waals surface area contributed by atoms with Crippen molar-refractivity contribution in [2.45, 2.75) is 45.4 Å². The molecule has 0 aliphatic rings. The van der Waals surface area contributed by atoms with Gasteiger partial charge in [-0.2, -0.15) is 0 Å². The van der Waals surface area contributed by atoms with Crippen molar-refractivity contribution in [3.63, 3.8) is 0 Å². The van der Waals surface area contributed by atoms with E-state index < -0.39 is 0 Å². The van der Waals surface area contributed by atoms with Crippen LogP contribution in [-0.2, 0) is 38.0 Å². The molecule has 0 aromatic rings. The third-order valence-corrected chi connectivity index (χ3v) is 4.74. The van der Waals surface area contributed by atoms with Crippen LogP contribution in [0.15, 0.2) is 0 Å². The van der Waals surface area contributed by atoms with E-state index in [4.69, 9.17) is 33.2 Å². The van der Waals surface area contributed by atoms with Crippen LogP contribution in [0.4, 0.5) is 0 Å². The molecule has 0 spiro atoms. The van der Waals surface area contributed by atoms with Crippen LogP contribution < -0.4 is 0 Å². The van der Waals surface area contributed by atoms with Gasteiger partial charge in [-0.15, -0.1) is 0 Å². The van der Waals surface area contributed by atoms with Crippen molar-refractivity contribution in [1.29, 1.82) is 0 Å². The fourth-order valence-corrected chi connectivity index (χ4v) is 2.88. The Balaban J connectivity index is 3.03. The number of alkyl halides is 1. The molecule has 9 heteroatoms. The summed E-state index contributed by atoms with van der Waals surface area (Å²) in [6, 6.07) is 0. The van der Waals surface area contributed by atoms with E-state index in [1.165, 1.54) is 23.7 Å². The molecular formula is C22H43IO8. The van der Waals surface area contributed by atoms with Crippen LogP contribution in [0.25, 0.3) is 0 Å². The summed E-state index contributed by atoms with van der Waals surface area (Å²) in [5, 5.41) is 0. The number of hydrogen-bond acceptors (Lipinski definition) is 8. The highest BCUT2D eigenvalue weighted by Crippen LogP contribution is 2.02. The zero-order chi connectivity index (χ0) is 22.7.